The zero-order valence-electron chi connectivity index (χ0n) is 10.9. The van der Waals surface area contributed by atoms with E-state index >= 15 is 0 Å². The van der Waals surface area contributed by atoms with Crippen molar-refractivity contribution < 1.29 is 0 Å². The van der Waals surface area contributed by atoms with Gasteiger partial charge in [0.05, 0.1) is 11.4 Å². The van der Waals surface area contributed by atoms with Gasteiger partial charge in [0.25, 0.3) is 0 Å². The molecule has 0 N–H and O–H groups in total. The first kappa shape index (κ1) is 12.8. The molecule has 3 nitrogen and oxygen atoms in total. The highest BCUT2D eigenvalue weighted by Gasteiger charge is 2.09. The summed E-state index contributed by atoms with van der Waals surface area (Å²) in [6.07, 6.45) is 0. The molecule has 20 heavy (non-hydrogen) atoms. The van der Waals surface area contributed by atoms with Crippen LogP contribution in [0.1, 0.15) is 5.69 Å². The normalized spacial score (nSPS) is 10.5. The molecule has 4 heteroatoms. The lowest BCUT2D eigenvalue weighted by Crippen LogP contribution is -1.99. The summed E-state index contributed by atoms with van der Waals surface area (Å²) in [6.45, 7) is 1.91. The van der Waals surface area contributed by atoms with Crippen molar-refractivity contribution in [2.45, 2.75) is 6.92 Å². The van der Waals surface area contributed by atoms with Crippen molar-refractivity contribution in [2.75, 3.05) is 0 Å². The van der Waals surface area contributed by atoms with E-state index in [4.69, 9.17) is 11.6 Å². The highest BCUT2D eigenvalue weighted by atomic mass is 35.5. The number of aryl methyl sites for hydroxylation is 1. The van der Waals surface area contributed by atoms with Gasteiger partial charge in [0.1, 0.15) is 0 Å². The summed E-state index contributed by atoms with van der Waals surface area (Å²) in [5, 5.41) is 9.06. The topological polar surface area (TPSA) is 38.7 Å². The molecule has 0 saturated heterocycles. The molecule has 98 valence electrons. The minimum absolute atomic E-state index is 0.603. The van der Waals surface area contributed by atoms with Crippen molar-refractivity contribution in [3.63, 3.8) is 0 Å². The summed E-state index contributed by atoms with van der Waals surface area (Å²) < 4.78 is 0. The fourth-order valence-electron chi connectivity index (χ4n) is 1.97. The molecule has 2 aromatic carbocycles. The van der Waals surface area contributed by atoms with Crippen LogP contribution in [0.3, 0.4) is 0 Å². The lowest BCUT2D eigenvalue weighted by molar-refractivity contribution is 0.941. The maximum absolute atomic E-state index is 5.90. The molecular weight excluding hydrogens is 270 g/mol. The fraction of sp³-hybridized carbons (Fsp3) is 0.0625. The number of rotatable bonds is 2. The molecule has 0 unspecified atom stereocenters. The van der Waals surface area contributed by atoms with E-state index in [-0.39, 0.29) is 0 Å². The summed E-state index contributed by atoms with van der Waals surface area (Å²) in [6, 6.07) is 17.4. The van der Waals surface area contributed by atoms with Crippen LogP contribution in [0, 0.1) is 6.92 Å². The van der Waals surface area contributed by atoms with Crippen LogP contribution in [0.25, 0.3) is 22.6 Å². The average molecular weight is 282 g/mol. The molecule has 0 radical (unpaired) electrons. The van der Waals surface area contributed by atoms with Gasteiger partial charge in [-0.2, -0.15) is 5.10 Å². The van der Waals surface area contributed by atoms with E-state index in [1.807, 2.05) is 61.5 Å². The van der Waals surface area contributed by atoms with Gasteiger partial charge in [-0.1, -0.05) is 41.9 Å². The Hall–Kier alpha value is -2.26. The number of aromatic nitrogens is 3. The van der Waals surface area contributed by atoms with Gasteiger partial charge in [0.15, 0.2) is 5.82 Å². The molecule has 0 amide bonds. The van der Waals surface area contributed by atoms with Gasteiger partial charge in [0.2, 0.25) is 0 Å². The lowest BCUT2D eigenvalue weighted by Gasteiger charge is -2.06. The zero-order chi connectivity index (χ0) is 13.9. The largest absolute Gasteiger partial charge is 0.224 e. The van der Waals surface area contributed by atoms with Crippen molar-refractivity contribution in [1.29, 1.82) is 0 Å². The smallest absolute Gasteiger partial charge is 0.182 e. The lowest BCUT2D eigenvalue weighted by atomic mass is 10.1. The molecule has 0 spiro atoms. The van der Waals surface area contributed by atoms with Crippen molar-refractivity contribution in [1.82, 2.24) is 15.2 Å². The fourth-order valence-corrected chi connectivity index (χ4v) is 2.10. The van der Waals surface area contributed by atoms with E-state index in [1.54, 1.807) is 0 Å². The monoisotopic (exact) mass is 281 g/mol. The molecule has 0 bridgehead atoms. The van der Waals surface area contributed by atoms with E-state index in [0.717, 1.165) is 22.5 Å². The second kappa shape index (κ2) is 5.39. The molecule has 1 aromatic heterocycles. The SMILES string of the molecule is Cc1nnc(-c2ccc(Cl)cc2)nc1-c1ccccc1. The van der Waals surface area contributed by atoms with Gasteiger partial charge in [0, 0.05) is 16.1 Å². The van der Waals surface area contributed by atoms with E-state index in [9.17, 15) is 0 Å². The van der Waals surface area contributed by atoms with E-state index < -0.39 is 0 Å². The second-order valence-corrected chi connectivity index (χ2v) is 4.88. The van der Waals surface area contributed by atoms with Crippen LogP contribution in [0.15, 0.2) is 54.6 Å². The van der Waals surface area contributed by atoms with Crippen LogP contribution >= 0.6 is 11.6 Å². The van der Waals surface area contributed by atoms with Crippen molar-refractivity contribution in [2.24, 2.45) is 0 Å². The minimum Gasteiger partial charge on any atom is -0.224 e. The average Bonchev–Trinajstić information content (AvgIpc) is 2.50. The van der Waals surface area contributed by atoms with Crippen molar-refractivity contribution in [3.05, 3.63) is 65.3 Å². The minimum atomic E-state index is 0.603. The number of hydrogen-bond donors (Lipinski definition) is 0. The second-order valence-electron chi connectivity index (χ2n) is 4.44. The maximum Gasteiger partial charge on any atom is 0.182 e. The maximum atomic E-state index is 5.90. The predicted octanol–water partition coefficient (Wildman–Crippen LogP) is 4.17. The Morgan fingerprint density at radius 2 is 1.50 bits per heavy atom. The molecule has 0 aliphatic rings. The molecule has 0 saturated carbocycles. The van der Waals surface area contributed by atoms with Gasteiger partial charge >= 0.3 is 0 Å². The molecule has 0 aliphatic carbocycles. The Morgan fingerprint density at radius 1 is 0.800 bits per heavy atom. The molecular formula is C16H12ClN3. The summed E-state index contributed by atoms with van der Waals surface area (Å²) in [5.74, 6) is 0.603. The van der Waals surface area contributed by atoms with Gasteiger partial charge in [-0.3, -0.25) is 0 Å². The Kier molecular flexibility index (Phi) is 3.44. The molecule has 3 aromatic rings. The van der Waals surface area contributed by atoms with Crippen molar-refractivity contribution in [3.8, 4) is 22.6 Å². The Balaban J connectivity index is 2.09. The summed E-state index contributed by atoms with van der Waals surface area (Å²) >= 11 is 5.90. The molecule has 0 fully saturated rings. The third-order valence-electron chi connectivity index (χ3n) is 3.00. The van der Waals surface area contributed by atoms with E-state index in [2.05, 4.69) is 15.2 Å². The van der Waals surface area contributed by atoms with Crippen LogP contribution in [-0.4, -0.2) is 15.2 Å². The summed E-state index contributed by atoms with van der Waals surface area (Å²) in [7, 11) is 0. The first-order valence-corrected chi connectivity index (χ1v) is 6.64. The first-order valence-electron chi connectivity index (χ1n) is 6.27. The third-order valence-corrected chi connectivity index (χ3v) is 3.26. The third kappa shape index (κ3) is 2.53. The number of nitrogens with zero attached hydrogens (tertiary/aromatic N) is 3. The first-order chi connectivity index (χ1) is 9.74. The van der Waals surface area contributed by atoms with E-state index in [0.29, 0.717) is 10.8 Å². The highest BCUT2D eigenvalue weighted by molar-refractivity contribution is 6.30. The van der Waals surface area contributed by atoms with Gasteiger partial charge < -0.3 is 0 Å². The molecule has 3 rings (SSSR count). The van der Waals surface area contributed by atoms with Crippen LogP contribution in [0.5, 0.6) is 0 Å². The Bertz CT molecular complexity index is 724. The molecule has 0 aliphatic heterocycles. The highest BCUT2D eigenvalue weighted by Crippen LogP contribution is 2.23. The number of benzene rings is 2. The molecule has 0 atom stereocenters. The van der Waals surface area contributed by atoms with E-state index in [1.165, 1.54) is 0 Å². The summed E-state index contributed by atoms with van der Waals surface area (Å²) in [4.78, 5) is 4.63. The zero-order valence-corrected chi connectivity index (χ0v) is 11.7. The van der Waals surface area contributed by atoms with Crippen LogP contribution in [-0.2, 0) is 0 Å². The van der Waals surface area contributed by atoms with Gasteiger partial charge in [-0.15, -0.1) is 5.10 Å². The van der Waals surface area contributed by atoms with Crippen LogP contribution in [0.4, 0.5) is 0 Å². The Morgan fingerprint density at radius 3 is 2.20 bits per heavy atom. The predicted molar refractivity (Wildman–Crippen MR) is 80.4 cm³/mol. The summed E-state index contributed by atoms with van der Waals surface area (Å²) in [5.41, 5.74) is 3.61. The van der Waals surface area contributed by atoms with Crippen molar-refractivity contribution >= 4 is 11.6 Å². The number of halogens is 1. The van der Waals surface area contributed by atoms with Crippen LogP contribution < -0.4 is 0 Å². The Labute approximate surface area is 122 Å². The number of hydrogen-bond acceptors (Lipinski definition) is 3. The van der Waals surface area contributed by atoms with Gasteiger partial charge in [-0.25, -0.2) is 4.98 Å². The molecule has 1 heterocycles. The van der Waals surface area contributed by atoms with Gasteiger partial charge in [-0.05, 0) is 31.2 Å². The van der Waals surface area contributed by atoms with Crippen LogP contribution in [0.2, 0.25) is 5.02 Å². The standard InChI is InChI=1S/C16H12ClN3/c1-11-15(12-5-3-2-4-6-12)18-16(20-19-11)13-7-9-14(17)10-8-13/h2-10H,1H3. The quantitative estimate of drug-likeness (QED) is 0.708.